The molecular weight excluding hydrogens is 386 g/mol. The number of nitrogens with one attached hydrogen (secondary N) is 1. The maximum Gasteiger partial charge on any atom is 0.254 e. The zero-order valence-electron chi connectivity index (χ0n) is 16.9. The van der Waals surface area contributed by atoms with Gasteiger partial charge in [-0.05, 0) is 70.7 Å². The van der Waals surface area contributed by atoms with E-state index < -0.39 is 0 Å². The zero-order valence-corrected chi connectivity index (χ0v) is 17.8. The van der Waals surface area contributed by atoms with Gasteiger partial charge in [-0.1, -0.05) is 11.8 Å². The molecule has 0 bridgehead atoms. The van der Waals surface area contributed by atoms with Crippen LogP contribution in [0, 0.1) is 6.92 Å². The first-order valence-electron chi connectivity index (χ1n) is 9.98. The summed E-state index contributed by atoms with van der Waals surface area (Å²) in [5.74, 6) is 2.77. The van der Waals surface area contributed by atoms with Crippen molar-refractivity contribution >= 4 is 11.8 Å². The average molecular weight is 412 g/mol. The number of H-pyrrole nitrogens is 1. The molecule has 1 aliphatic rings. The second-order valence-corrected chi connectivity index (χ2v) is 8.47. The van der Waals surface area contributed by atoms with Crippen LogP contribution in [0.2, 0.25) is 0 Å². The summed E-state index contributed by atoms with van der Waals surface area (Å²) in [5.41, 5.74) is 3.56. The molecule has 2 aromatic heterocycles. The van der Waals surface area contributed by atoms with Crippen molar-refractivity contribution in [2.24, 2.45) is 0 Å². The monoisotopic (exact) mass is 411 g/mol. The molecule has 0 unspecified atom stereocenters. The van der Waals surface area contributed by atoms with Crippen molar-refractivity contribution in [2.75, 3.05) is 0 Å². The van der Waals surface area contributed by atoms with E-state index in [2.05, 4.69) is 15.0 Å². The number of aryl methyl sites for hydroxylation is 2. The van der Waals surface area contributed by atoms with Crippen molar-refractivity contribution in [3.63, 3.8) is 0 Å². The number of rotatable bonds is 6. The van der Waals surface area contributed by atoms with E-state index in [1.54, 1.807) is 0 Å². The number of aromatic amines is 1. The predicted octanol–water partition coefficient (Wildman–Crippen LogP) is 4.69. The summed E-state index contributed by atoms with van der Waals surface area (Å²) in [6.07, 6.45) is 4.01. The highest BCUT2D eigenvalue weighted by Gasteiger charge is 2.17. The molecule has 1 aromatic carbocycles. The summed E-state index contributed by atoms with van der Waals surface area (Å²) in [7, 11) is 0. The topological polar surface area (TPSA) is 81.0 Å². The number of nitrogens with zero attached hydrogens (tertiary/aromatic N) is 2. The largest absolute Gasteiger partial charge is 0.491 e. The van der Waals surface area contributed by atoms with Crippen LogP contribution in [0.3, 0.4) is 0 Å². The van der Waals surface area contributed by atoms with E-state index in [0.29, 0.717) is 16.8 Å². The molecule has 152 valence electrons. The summed E-state index contributed by atoms with van der Waals surface area (Å²) >= 11 is 1.48. The lowest BCUT2D eigenvalue weighted by Gasteiger charge is -2.14. The fourth-order valence-corrected chi connectivity index (χ4v) is 4.30. The van der Waals surface area contributed by atoms with Crippen LogP contribution < -0.4 is 10.3 Å². The molecule has 0 saturated heterocycles. The van der Waals surface area contributed by atoms with E-state index in [4.69, 9.17) is 9.15 Å². The Kier molecular flexibility index (Phi) is 5.76. The van der Waals surface area contributed by atoms with E-state index >= 15 is 0 Å². The molecule has 0 radical (unpaired) electrons. The Morgan fingerprint density at radius 1 is 1.17 bits per heavy atom. The second-order valence-electron chi connectivity index (χ2n) is 7.50. The zero-order chi connectivity index (χ0) is 20.4. The lowest BCUT2D eigenvalue weighted by Crippen LogP contribution is -2.21. The number of thioether (sulfide) groups is 1. The first-order valence-corrected chi connectivity index (χ1v) is 11.0. The summed E-state index contributed by atoms with van der Waals surface area (Å²) in [6.45, 7) is 5.91. The second kappa shape index (κ2) is 8.45. The Morgan fingerprint density at radius 2 is 1.93 bits per heavy atom. The molecule has 0 spiro atoms. The van der Waals surface area contributed by atoms with Gasteiger partial charge in [0.25, 0.3) is 5.56 Å². The summed E-state index contributed by atoms with van der Waals surface area (Å²) < 4.78 is 11.5. The minimum absolute atomic E-state index is 0.00142. The van der Waals surface area contributed by atoms with E-state index in [1.807, 2.05) is 45.0 Å². The van der Waals surface area contributed by atoms with Gasteiger partial charge in [-0.15, -0.1) is 0 Å². The Balaban J connectivity index is 1.47. The fraction of sp³-hybridized carbons (Fsp3) is 0.409. The van der Waals surface area contributed by atoms with Gasteiger partial charge in [-0.25, -0.2) is 9.97 Å². The third kappa shape index (κ3) is 4.56. The van der Waals surface area contributed by atoms with Gasteiger partial charge in [-0.3, -0.25) is 4.79 Å². The predicted molar refractivity (Wildman–Crippen MR) is 114 cm³/mol. The highest BCUT2D eigenvalue weighted by atomic mass is 32.2. The van der Waals surface area contributed by atoms with E-state index in [0.717, 1.165) is 59.7 Å². The SMILES string of the molecule is Cc1oc(-c2ccc(OC(C)C)cc2)nc1CSc1nc2c(c(=O)[nH]1)CCCC2. The Morgan fingerprint density at radius 3 is 2.69 bits per heavy atom. The minimum Gasteiger partial charge on any atom is -0.491 e. The summed E-state index contributed by atoms with van der Waals surface area (Å²) in [6, 6.07) is 7.74. The number of hydrogen-bond acceptors (Lipinski definition) is 6. The number of hydrogen-bond donors (Lipinski definition) is 1. The smallest absolute Gasteiger partial charge is 0.254 e. The third-order valence-corrected chi connectivity index (χ3v) is 5.77. The van der Waals surface area contributed by atoms with E-state index in [1.165, 1.54) is 11.8 Å². The van der Waals surface area contributed by atoms with Crippen molar-refractivity contribution in [2.45, 2.75) is 63.5 Å². The summed E-state index contributed by atoms with van der Waals surface area (Å²) in [4.78, 5) is 24.5. The van der Waals surface area contributed by atoms with Gasteiger partial charge in [-0.2, -0.15) is 0 Å². The van der Waals surface area contributed by atoms with E-state index in [9.17, 15) is 4.79 Å². The molecule has 2 heterocycles. The van der Waals surface area contributed by atoms with Crippen molar-refractivity contribution in [1.82, 2.24) is 15.0 Å². The molecule has 1 aliphatic carbocycles. The highest BCUT2D eigenvalue weighted by Crippen LogP contribution is 2.28. The molecule has 0 amide bonds. The number of oxazole rings is 1. The quantitative estimate of drug-likeness (QED) is 0.468. The van der Waals surface area contributed by atoms with Gasteiger partial charge in [0.05, 0.1) is 17.5 Å². The van der Waals surface area contributed by atoms with Crippen molar-refractivity contribution < 1.29 is 9.15 Å². The number of aromatic nitrogens is 3. The van der Waals surface area contributed by atoms with Crippen molar-refractivity contribution in [1.29, 1.82) is 0 Å². The molecular formula is C22H25N3O3S. The van der Waals surface area contributed by atoms with Crippen LogP contribution in [0.1, 0.15) is 49.4 Å². The molecule has 0 aliphatic heterocycles. The van der Waals surface area contributed by atoms with E-state index in [-0.39, 0.29) is 11.7 Å². The lowest BCUT2D eigenvalue weighted by molar-refractivity contribution is 0.242. The molecule has 0 atom stereocenters. The first-order chi connectivity index (χ1) is 14.0. The van der Waals surface area contributed by atoms with Gasteiger partial charge in [0.15, 0.2) is 5.16 Å². The van der Waals surface area contributed by atoms with Gasteiger partial charge in [0, 0.05) is 16.9 Å². The van der Waals surface area contributed by atoms with Gasteiger partial charge in [0.1, 0.15) is 11.5 Å². The molecule has 1 N–H and O–H groups in total. The molecule has 7 heteroatoms. The molecule has 29 heavy (non-hydrogen) atoms. The van der Waals surface area contributed by atoms with Gasteiger partial charge >= 0.3 is 0 Å². The number of benzene rings is 1. The first kappa shape index (κ1) is 19.8. The molecule has 3 aromatic rings. The average Bonchev–Trinajstić information content (AvgIpc) is 3.07. The minimum atomic E-state index is -0.00142. The van der Waals surface area contributed by atoms with Crippen molar-refractivity contribution in [3.8, 4) is 17.2 Å². The standard InChI is InChI=1S/C22H25N3O3S/c1-13(2)27-16-10-8-15(9-11-16)21-23-19(14(3)28-21)12-29-22-24-18-7-5-4-6-17(18)20(26)25-22/h8-11,13H,4-7,12H2,1-3H3,(H,24,25,26). The van der Waals surface area contributed by atoms with Gasteiger partial charge < -0.3 is 14.1 Å². The molecule has 4 rings (SSSR count). The van der Waals surface area contributed by atoms with Gasteiger partial charge in [0.2, 0.25) is 5.89 Å². The van der Waals surface area contributed by atoms with Crippen molar-refractivity contribution in [3.05, 3.63) is 57.3 Å². The van der Waals surface area contributed by atoms with Crippen LogP contribution in [-0.4, -0.2) is 21.1 Å². The third-order valence-electron chi connectivity index (χ3n) is 4.88. The number of fused-ring (bicyclic) bond motifs is 1. The number of ether oxygens (including phenoxy) is 1. The van der Waals surface area contributed by atoms with Crippen LogP contribution in [0.4, 0.5) is 0 Å². The normalized spacial score (nSPS) is 13.5. The van der Waals surface area contributed by atoms with Crippen LogP contribution in [0.15, 0.2) is 38.6 Å². The lowest BCUT2D eigenvalue weighted by atomic mass is 9.97. The van der Waals surface area contributed by atoms with Crippen LogP contribution >= 0.6 is 11.8 Å². The van der Waals surface area contributed by atoms with Crippen LogP contribution in [0.25, 0.3) is 11.5 Å². The van der Waals surface area contributed by atoms with Crippen LogP contribution in [0.5, 0.6) is 5.75 Å². The van der Waals surface area contributed by atoms with Crippen LogP contribution in [-0.2, 0) is 18.6 Å². The molecule has 0 saturated carbocycles. The maximum absolute atomic E-state index is 12.3. The summed E-state index contributed by atoms with van der Waals surface area (Å²) in [5, 5.41) is 0.648. The fourth-order valence-electron chi connectivity index (χ4n) is 3.42. The highest BCUT2D eigenvalue weighted by molar-refractivity contribution is 7.98. The Bertz CT molecular complexity index is 1050. The molecule has 6 nitrogen and oxygen atoms in total. The molecule has 0 fully saturated rings. The Labute approximate surface area is 174 Å². The Hall–Kier alpha value is -2.54. The maximum atomic E-state index is 12.3.